The molecule has 0 aromatic rings. The fourth-order valence-corrected chi connectivity index (χ4v) is 3.13. The largest absolute Gasteiger partial charge is 0.344 e. The van der Waals surface area contributed by atoms with Crippen LogP contribution in [-0.2, 0) is 4.79 Å². The van der Waals surface area contributed by atoms with Gasteiger partial charge in [0.2, 0.25) is 5.91 Å². The van der Waals surface area contributed by atoms with Gasteiger partial charge in [-0.2, -0.15) is 0 Å². The van der Waals surface area contributed by atoms with E-state index in [1.807, 2.05) is 23.9 Å². The number of nitrogens with one attached hydrogen (secondary N) is 1. The molecule has 2 saturated heterocycles. The lowest BCUT2D eigenvalue weighted by Gasteiger charge is -2.35. The summed E-state index contributed by atoms with van der Waals surface area (Å²) in [5, 5.41) is 3.06. The Morgan fingerprint density at radius 3 is 2.24 bits per heavy atom. The monoisotopic (exact) mass is 296 g/mol. The number of nitrogens with zero attached hydrogens (tertiary/aromatic N) is 3. The molecule has 6 heteroatoms. The highest BCUT2D eigenvalue weighted by atomic mass is 16.2. The molecule has 2 fully saturated rings. The lowest BCUT2D eigenvalue weighted by Crippen LogP contribution is -2.48. The number of urea groups is 1. The molecule has 3 amide bonds. The molecule has 6 nitrogen and oxygen atoms in total. The zero-order valence-electron chi connectivity index (χ0n) is 13.3. The predicted molar refractivity (Wildman–Crippen MR) is 82.1 cm³/mol. The maximum Gasteiger partial charge on any atom is 0.319 e. The summed E-state index contributed by atoms with van der Waals surface area (Å²) in [6.45, 7) is 4.77. The number of piperidine rings is 1. The van der Waals surface area contributed by atoms with Crippen LogP contribution in [0.3, 0.4) is 0 Å². The normalized spacial score (nSPS) is 19.9. The van der Waals surface area contributed by atoms with E-state index in [0.29, 0.717) is 13.1 Å². The van der Waals surface area contributed by atoms with Crippen LogP contribution in [-0.4, -0.2) is 80.0 Å². The van der Waals surface area contributed by atoms with Crippen LogP contribution < -0.4 is 5.32 Å². The predicted octanol–water partition coefficient (Wildman–Crippen LogP) is 0.592. The highest BCUT2D eigenvalue weighted by Gasteiger charge is 2.31. The van der Waals surface area contributed by atoms with E-state index in [0.717, 1.165) is 51.9 Å². The van der Waals surface area contributed by atoms with Crippen molar-refractivity contribution in [1.29, 1.82) is 0 Å². The molecule has 0 radical (unpaired) electrons. The second-order valence-corrected chi connectivity index (χ2v) is 6.10. The van der Waals surface area contributed by atoms with Crippen molar-refractivity contribution in [2.45, 2.75) is 25.7 Å². The maximum absolute atomic E-state index is 12.3. The van der Waals surface area contributed by atoms with Gasteiger partial charge in [-0.3, -0.25) is 4.79 Å². The second-order valence-electron chi connectivity index (χ2n) is 6.10. The first-order chi connectivity index (χ1) is 10.1. The minimum atomic E-state index is 0.0782. The molecule has 0 spiro atoms. The molecule has 2 aliphatic heterocycles. The number of hydrogen-bond acceptors (Lipinski definition) is 3. The van der Waals surface area contributed by atoms with Gasteiger partial charge in [0.1, 0.15) is 0 Å². The van der Waals surface area contributed by atoms with Crippen LogP contribution in [0.4, 0.5) is 4.79 Å². The third-order valence-electron chi connectivity index (χ3n) is 4.56. The van der Waals surface area contributed by atoms with Gasteiger partial charge in [-0.1, -0.05) is 0 Å². The summed E-state index contributed by atoms with van der Waals surface area (Å²) >= 11 is 0. The van der Waals surface area contributed by atoms with Crippen LogP contribution >= 0.6 is 0 Å². The molecule has 2 aliphatic rings. The molecule has 1 N–H and O–H groups in total. The van der Waals surface area contributed by atoms with Gasteiger partial charge in [-0.05, 0) is 32.7 Å². The fourth-order valence-electron chi connectivity index (χ4n) is 3.13. The third kappa shape index (κ3) is 4.09. The second kappa shape index (κ2) is 7.64. The Labute approximate surface area is 127 Å². The van der Waals surface area contributed by atoms with Crippen molar-refractivity contribution >= 4 is 11.9 Å². The number of hydrogen-bond donors (Lipinski definition) is 1. The smallest absolute Gasteiger partial charge is 0.319 e. The van der Waals surface area contributed by atoms with Gasteiger partial charge in [0.25, 0.3) is 0 Å². The SMILES string of the molecule is CNCCN(C)C(=O)C1CCN(C(=O)N2CCCC2)CC1. The topological polar surface area (TPSA) is 55.9 Å². The summed E-state index contributed by atoms with van der Waals surface area (Å²) in [6, 6.07) is 0.168. The van der Waals surface area contributed by atoms with E-state index in [-0.39, 0.29) is 17.9 Å². The van der Waals surface area contributed by atoms with Gasteiger partial charge >= 0.3 is 6.03 Å². The molecule has 2 heterocycles. The lowest BCUT2D eigenvalue weighted by molar-refractivity contribution is -0.135. The quantitative estimate of drug-likeness (QED) is 0.826. The van der Waals surface area contributed by atoms with Crippen molar-refractivity contribution < 1.29 is 9.59 Å². The zero-order valence-corrected chi connectivity index (χ0v) is 13.3. The summed E-state index contributed by atoms with van der Waals surface area (Å²) in [6.07, 6.45) is 3.83. The highest BCUT2D eigenvalue weighted by Crippen LogP contribution is 2.21. The van der Waals surface area contributed by atoms with E-state index in [1.165, 1.54) is 0 Å². The van der Waals surface area contributed by atoms with Crippen LogP contribution in [0.25, 0.3) is 0 Å². The Morgan fingerprint density at radius 1 is 1.10 bits per heavy atom. The molecule has 0 saturated carbocycles. The average Bonchev–Trinajstić information content (AvgIpc) is 3.05. The molecule has 2 rings (SSSR count). The Hall–Kier alpha value is -1.30. The van der Waals surface area contributed by atoms with Gasteiger partial charge in [0.15, 0.2) is 0 Å². The van der Waals surface area contributed by atoms with Gasteiger partial charge in [-0.25, -0.2) is 4.79 Å². The highest BCUT2D eigenvalue weighted by molar-refractivity contribution is 5.79. The van der Waals surface area contributed by atoms with Crippen molar-refractivity contribution in [3.63, 3.8) is 0 Å². The van der Waals surface area contributed by atoms with Crippen LogP contribution in [0.1, 0.15) is 25.7 Å². The molecule has 0 aromatic heterocycles. The van der Waals surface area contributed by atoms with Gasteiger partial charge in [-0.15, -0.1) is 0 Å². The molecule has 0 aliphatic carbocycles. The summed E-state index contributed by atoms with van der Waals surface area (Å²) in [4.78, 5) is 30.3. The third-order valence-corrected chi connectivity index (χ3v) is 4.56. The zero-order chi connectivity index (χ0) is 15.2. The van der Waals surface area contributed by atoms with E-state index in [4.69, 9.17) is 0 Å². The number of carbonyl (C=O) groups is 2. The Bertz CT molecular complexity index is 361. The van der Waals surface area contributed by atoms with E-state index < -0.39 is 0 Å². The van der Waals surface area contributed by atoms with Gasteiger partial charge in [0.05, 0.1) is 0 Å². The molecule has 0 bridgehead atoms. The first kappa shape index (κ1) is 16.1. The molecule has 0 atom stereocenters. The van der Waals surface area contributed by atoms with E-state index in [1.54, 1.807) is 4.90 Å². The number of amides is 3. The summed E-state index contributed by atoms with van der Waals surface area (Å²) in [5.74, 6) is 0.299. The minimum Gasteiger partial charge on any atom is -0.344 e. The number of carbonyl (C=O) groups excluding carboxylic acids is 2. The average molecular weight is 296 g/mol. The van der Waals surface area contributed by atoms with Crippen molar-refractivity contribution in [3.05, 3.63) is 0 Å². The van der Waals surface area contributed by atoms with Crippen LogP contribution in [0, 0.1) is 5.92 Å². The summed E-state index contributed by atoms with van der Waals surface area (Å²) < 4.78 is 0. The lowest BCUT2D eigenvalue weighted by atomic mass is 9.95. The van der Waals surface area contributed by atoms with Crippen molar-refractivity contribution in [2.75, 3.05) is 53.4 Å². The number of likely N-dealkylation sites (N-methyl/N-ethyl adjacent to an activating group) is 2. The molecular formula is C15H28N4O2. The Balaban J connectivity index is 1.77. The Kier molecular flexibility index (Phi) is 5.85. The summed E-state index contributed by atoms with van der Waals surface area (Å²) in [5.41, 5.74) is 0. The standard InChI is InChI=1S/C15H28N4O2/c1-16-7-12-17(2)14(20)13-5-10-19(11-6-13)15(21)18-8-3-4-9-18/h13,16H,3-12H2,1-2H3. The number of rotatable bonds is 4. The van der Waals surface area contributed by atoms with Crippen molar-refractivity contribution in [3.8, 4) is 0 Å². The molecule has 0 unspecified atom stereocenters. The van der Waals surface area contributed by atoms with E-state index >= 15 is 0 Å². The maximum atomic E-state index is 12.3. The Morgan fingerprint density at radius 2 is 1.67 bits per heavy atom. The van der Waals surface area contributed by atoms with Crippen LogP contribution in [0.2, 0.25) is 0 Å². The molecular weight excluding hydrogens is 268 g/mol. The van der Waals surface area contributed by atoms with Crippen molar-refractivity contribution in [2.24, 2.45) is 5.92 Å². The van der Waals surface area contributed by atoms with E-state index in [9.17, 15) is 9.59 Å². The van der Waals surface area contributed by atoms with Crippen LogP contribution in [0.15, 0.2) is 0 Å². The number of likely N-dealkylation sites (tertiary alicyclic amines) is 2. The van der Waals surface area contributed by atoms with Gasteiger partial charge < -0.3 is 20.0 Å². The van der Waals surface area contributed by atoms with Crippen molar-refractivity contribution in [1.82, 2.24) is 20.0 Å². The van der Waals surface area contributed by atoms with Gasteiger partial charge in [0, 0.05) is 52.2 Å². The molecule has 21 heavy (non-hydrogen) atoms. The molecule has 120 valence electrons. The minimum absolute atomic E-state index is 0.0782. The first-order valence-electron chi connectivity index (χ1n) is 8.07. The molecule has 0 aromatic carbocycles. The first-order valence-corrected chi connectivity index (χ1v) is 8.07. The fraction of sp³-hybridized carbons (Fsp3) is 0.867. The van der Waals surface area contributed by atoms with Crippen LogP contribution in [0.5, 0.6) is 0 Å². The summed E-state index contributed by atoms with van der Waals surface area (Å²) in [7, 11) is 3.75. The van der Waals surface area contributed by atoms with E-state index in [2.05, 4.69) is 5.32 Å².